The lowest BCUT2D eigenvalue weighted by Gasteiger charge is -2.13. The Bertz CT molecular complexity index is 2220. The Morgan fingerprint density at radius 3 is 1.57 bits per heavy atom. The molecule has 54 heavy (non-hydrogen) atoms. The van der Waals surface area contributed by atoms with Crippen molar-refractivity contribution in [2.45, 2.75) is 52.9 Å². The van der Waals surface area contributed by atoms with Crippen LogP contribution < -0.4 is 5.46 Å². The van der Waals surface area contributed by atoms with Crippen LogP contribution in [0, 0.1) is 13.8 Å². The zero-order valence-corrected chi connectivity index (χ0v) is 29.5. The lowest BCUT2D eigenvalue weighted by atomic mass is 9.77. The fourth-order valence-corrected chi connectivity index (χ4v) is 5.08. The quantitative estimate of drug-likeness (QED) is 0.166. The molecule has 0 amide bonds. The van der Waals surface area contributed by atoms with Crippen molar-refractivity contribution in [3.8, 4) is 11.3 Å². The van der Waals surface area contributed by atoms with Gasteiger partial charge in [-0.2, -0.15) is 55.7 Å². The van der Waals surface area contributed by atoms with Crippen molar-refractivity contribution >= 4 is 47.8 Å². The number of fused-ring (bicyclic) bond motifs is 2. The van der Waals surface area contributed by atoms with Gasteiger partial charge in [-0.05, 0) is 61.5 Å². The van der Waals surface area contributed by atoms with Gasteiger partial charge in [-0.25, -0.2) is 19.0 Å². The van der Waals surface area contributed by atoms with Crippen LogP contribution in [0.25, 0.3) is 22.6 Å². The first-order valence-corrected chi connectivity index (χ1v) is 15.8. The molecule has 4 aromatic heterocycles. The predicted molar refractivity (Wildman–Crippen MR) is 181 cm³/mol. The minimum absolute atomic E-state index is 0.0794. The zero-order chi connectivity index (χ0) is 40.8. The number of halogens is 7. The molecule has 0 saturated carbocycles. The third kappa shape index (κ3) is 11.6. The van der Waals surface area contributed by atoms with Gasteiger partial charge >= 0.3 is 31.8 Å². The normalized spacial score (nSPS) is 10.6. The molecule has 20 heteroatoms. The second-order valence-electron chi connectivity index (χ2n) is 10.7. The molecule has 0 fully saturated rings. The summed E-state index contributed by atoms with van der Waals surface area (Å²) in [6.07, 6.45) is -3.31. The molecule has 0 aliphatic rings. The summed E-state index contributed by atoms with van der Waals surface area (Å²) in [5.74, 6) is 0. The van der Waals surface area contributed by atoms with E-state index in [4.69, 9.17) is 40.8 Å². The molecule has 4 heterocycles. The molecule has 0 saturated heterocycles. The van der Waals surface area contributed by atoms with Gasteiger partial charge in [0.15, 0.2) is 11.3 Å². The molecule has 0 unspecified atom stereocenters. The molecule has 0 atom stereocenters. The van der Waals surface area contributed by atoms with E-state index in [1.54, 1.807) is 27.4 Å². The maximum Gasteiger partial charge on any atom is 0.489 e. The fourth-order valence-electron chi connectivity index (χ4n) is 4.84. The first-order valence-electron chi connectivity index (χ1n) is 15.4. The first kappa shape index (κ1) is 44.5. The van der Waals surface area contributed by atoms with Crippen LogP contribution in [0.15, 0.2) is 73.1 Å². The predicted octanol–water partition coefficient (Wildman–Crippen LogP) is 5.76. The molecular formula is C34H30BClF6N6O6. The fraction of sp³-hybridized carbons (Fsp3) is 0.235. The number of benzene rings is 2. The maximum absolute atomic E-state index is 13.2. The number of aromatic nitrogens is 6. The molecule has 0 radical (unpaired) electrons. The van der Waals surface area contributed by atoms with Crippen molar-refractivity contribution in [1.29, 1.82) is 0 Å². The van der Waals surface area contributed by atoms with Gasteiger partial charge in [-0.3, -0.25) is 0 Å². The van der Waals surface area contributed by atoms with Crippen molar-refractivity contribution in [3.63, 3.8) is 0 Å². The van der Waals surface area contributed by atoms with Gasteiger partial charge in [0.1, 0.15) is 5.15 Å². The highest BCUT2D eigenvalue weighted by atomic mass is 35.5. The first-order chi connectivity index (χ1) is 25.4. The van der Waals surface area contributed by atoms with Crippen molar-refractivity contribution in [2.24, 2.45) is 0 Å². The minimum atomic E-state index is -4.56. The molecule has 2 aromatic carbocycles. The van der Waals surface area contributed by atoms with Crippen molar-refractivity contribution in [1.82, 2.24) is 29.2 Å². The third-order valence-electron chi connectivity index (χ3n) is 7.19. The Balaban J connectivity index is 0.000000273. The molecule has 284 valence electrons. The Hall–Kier alpha value is -5.71. The van der Waals surface area contributed by atoms with Crippen LogP contribution in [0.5, 0.6) is 0 Å². The summed E-state index contributed by atoms with van der Waals surface area (Å²) in [6.45, 7) is 7.83. The summed E-state index contributed by atoms with van der Waals surface area (Å²) in [6, 6.07) is 13.3. The van der Waals surface area contributed by atoms with Crippen LogP contribution in [0.4, 0.5) is 26.3 Å². The van der Waals surface area contributed by atoms with Crippen molar-refractivity contribution in [3.05, 3.63) is 112 Å². The Labute approximate surface area is 308 Å². The second-order valence-corrected chi connectivity index (χ2v) is 11.1. The topological polar surface area (TPSA) is 169 Å². The molecule has 2 N–H and O–H groups in total. The van der Waals surface area contributed by atoms with E-state index in [1.807, 2.05) is 33.0 Å². The monoisotopic (exact) mass is 778 g/mol. The summed E-state index contributed by atoms with van der Waals surface area (Å²) in [5.41, 5.74) is 3.50. The van der Waals surface area contributed by atoms with E-state index in [1.165, 1.54) is 24.3 Å². The minimum Gasteiger partial charge on any atom is -0.423 e. The van der Waals surface area contributed by atoms with Crippen LogP contribution in [0.1, 0.15) is 47.5 Å². The number of aryl methyl sites for hydroxylation is 4. The molecule has 0 aliphatic carbocycles. The van der Waals surface area contributed by atoms with E-state index >= 15 is 0 Å². The number of hydrogen-bond donors (Lipinski definition) is 2. The van der Waals surface area contributed by atoms with Crippen LogP contribution in [-0.4, -0.2) is 58.7 Å². The van der Waals surface area contributed by atoms with Crippen LogP contribution >= 0.6 is 11.6 Å². The van der Waals surface area contributed by atoms with Crippen LogP contribution in [0.2, 0.25) is 5.15 Å². The number of alkyl halides is 6. The number of rotatable bonds is 4. The molecule has 6 aromatic rings. The molecule has 6 rings (SSSR count). The van der Waals surface area contributed by atoms with Gasteiger partial charge in [-0.15, -0.1) is 0 Å². The van der Waals surface area contributed by atoms with Gasteiger partial charge in [0.25, 0.3) is 0 Å². The molecular weight excluding hydrogens is 749 g/mol. The Morgan fingerprint density at radius 1 is 0.704 bits per heavy atom. The summed E-state index contributed by atoms with van der Waals surface area (Å²) in [7, 11) is -2.10. The van der Waals surface area contributed by atoms with E-state index < -0.39 is 36.1 Å². The molecule has 0 bridgehead atoms. The van der Waals surface area contributed by atoms with Gasteiger partial charge < -0.3 is 10.0 Å². The zero-order valence-electron chi connectivity index (χ0n) is 28.8. The van der Waals surface area contributed by atoms with E-state index in [9.17, 15) is 26.3 Å². The van der Waals surface area contributed by atoms with Crippen LogP contribution in [-0.2, 0) is 44.4 Å². The number of imidazole rings is 2. The lowest BCUT2D eigenvalue weighted by Crippen LogP contribution is -2.35. The SMILES string of the molecule is CCc1cnc2c(C)cc(-c3ccccc3C(F)(F)F)nn12.CCc1cnc2c(C)cc(Cl)nn12.O=C=O.O=C=O.OB(O)c1ccccc1C(F)(F)F. The molecule has 0 spiro atoms. The highest BCUT2D eigenvalue weighted by Gasteiger charge is 2.36. The number of hydrogen-bond acceptors (Lipinski definition) is 10. The van der Waals surface area contributed by atoms with Crippen LogP contribution in [0.3, 0.4) is 0 Å². The van der Waals surface area contributed by atoms with E-state index in [-0.39, 0.29) is 17.9 Å². The highest BCUT2D eigenvalue weighted by molar-refractivity contribution is 6.59. The summed E-state index contributed by atoms with van der Waals surface area (Å²) in [5, 5.41) is 26.3. The summed E-state index contributed by atoms with van der Waals surface area (Å²) < 4.78 is 79.5. The van der Waals surface area contributed by atoms with Gasteiger partial charge in [-0.1, -0.05) is 67.9 Å². The lowest BCUT2D eigenvalue weighted by molar-refractivity contribution is -0.193. The Morgan fingerprint density at radius 2 is 1.13 bits per heavy atom. The third-order valence-corrected chi connectivity index (χ3v) is 7.38. The standard InChI is InChI=1S/C16H14F3N3.C9H10ClN3.C7H6BF3O2.2CO2/c1-3-11-9-20-15-10(2)8-14(21-22(11)15)12-6-4-5-7-13(12)16(17,18)19;1-3-7-5-11-9-6(2)4-8(10)12-13(7)9;9-7(10,11)5-3-1-2-4-6(5)8(12)13;2*2-1-3/h4-9H,3H2,1-2H3;4-5H,3H2,1-2H3;1-4,12-13H;;. The summed E-state index contributed by atoms with van der Waals surface area (Å²) >= 11 is 5.85. The highest BCUT2D eigenvalue weighted by Crippen LogP contribution is 2.36. The summed E-state index contributed by atoms with van der Waals surface area (Å²) in [4.78, 5) is 41.0. The Kier molecular flexibility index (Phi) is 16.4. The van der Waals surface area contributed by atoms with Gasteiger partial charge in [0, 0.05) is 5.56 Å². The van der Waals surface area contributed by atoms with Gasteiger partial charge in [0.05, 0.1) is 40.6 Å². The molecule has 12 nitrogen and oxygen atoms in total. The van der Waals surface area contributed by atoms with E-state index in [0.717, 1.165) is 52.8 Å². The second kappa shape index (κ2) is 19.9. The smallest absolute Gasteiger partial charge is 0.423 e. The largest absolute Gasteiger partial charge is 0.489 e. The van der Waals surface area contributed by atoms with Crippen molar-refractivity contribution < 1.29 is 55.6 Å². The number of nitrogens with zero attached hydrogens (tertiary/aromatic N) is 6. The maximum atomic E-state index is 13.2. The molecule has 0 aliphatic heterocycles. The van der Waals surface area contributed by atoms with Crippen molar-refractivity contribution in [2.75, 3.05) is 0 Å². The number of carbonyl (C=O) groups excluding carboxylic acids is 4. The van der Waals surface area contributed by atoms with E-state index in [0.29, 0.717) is 22.9 Å². The van der Waals surface area contributed by atoms with Gasteiger partial charge in [0.2, 0.25) is 0 Å². The van der Waals surface area contributed by atoms with E-state index in [2.05, 4.69) is 27.1 Å². The average molecular weight is 779 g/mol. The average Bonchev–Trinajstić information content (AvgIpc) is 3.73.